The predicted molar refractivity (Wildman–Crippen MR) is 157 cm³/mol. The summed E-state index contributed by atoms with van der Waals surface area (Å²) in [4.78, 5) is 29.4. The molecule has 0 aromatic heterocycles. The van der Waals surface area contributed by atoms with Crippen molar-refractivity contribution in [3.05, 3.63) is 107 Å². The van der Waals surface area contributed by atoms with Gasteiger partial charge in [-0.05, 0) is 67.3 Å². The maximum absolute atomic E-state index is 13.9. The van der Waals surface area contributed by atoms with Crippen molar-refractivity contribution in [1.82, 2.24) is 10.2 Å². The fourth-order valence-electron chi connectivity index (χ4n) is 4.54. The smallest absolute Gasteiger partial charge is 0.243 e. The molecule has 0 aliphatic carbocycles. The second kappa shape index (κ2) is 12.4. The number of rotatable bonds is 9. The molecule has 0 radical (unpaired) electrons. The van der Waals surface area contributed by atoms with Crippen LogP contribution in [0, 0.1) is 6.92 Å². The van der Waals surface area contributed by atoms with Crippen molar-refractivity contribution in [2.75, 3.05) is 0 Å². The molecule has 0 bridgehead atoms. The molecule has 3 aromatic rings. The van der Waals surface area contributed by atoms with Crippen LogP contribution < -0.4 is 5.32 Å². The first-order valence-electron chi connectivity index (χ1n) is 13.6. The van der Waals surface area contributed by atoms with Gasteiger partial charge in [0.05, 0.1) is 0 Å². The molecule has 1 unspecified atom stereocenters. The number of aryl methyl sites for hydroxylation is 2. The van der Waals surface area contributed by atoms with E-state index in [1.54, 1.807) is 4.90 Å². The third kappa shape index (κ3) is 8.58. The van der Waals surface area contributed by atoms with Gasteiger partial charge in [0.25, 0.3) is 0 Å². The van der Waals surface area contributed by atoms with Crippen LogP contribution in [0.25, 0.3) is 0 Å². The molecule has 0 aliphatic heterocycles. The molecule has 2 amide bonds. The van der Waals surface area contributed by atoms with Crippen molar-refractivity contribution in [3.8, 4) is 0 Å². The number of amides is 2. The van der Waals surface area contributed by atoms with Gasteiger partial charge in [0.15, 0.2) is 0 Å². The van der Waals surface area contributed by atoms with Crippen molar-refractivity contribution in [2.45, 2.75) is 91.3 Å². The lowest BCUT2D eigenvalue weighted by Gasteiger charge is -2.34. The van der Waals surface area contributed by atoms with Crippen LogP contribution in [-0.4, -0.2) is 28.3 Å². The first kappa shape index (κ1) is 29.2. The molecule has 0 fully saturated rings. The summed E-state index contributed by atoms with van der Waals surface area (Å²) in [5.41, 5.74) is 5.27. The number of benzene rings is 3. The van der Waals surface area contributed by atoms with Crippen LogP contribution in [-0.2, 0) is 34.4 Å². The standard InChI is InChI=1S/C34H44N2O2/c1-25-13-11-12-16-28(25)24-36(31(37)22-19-26-17-20-29(21-18-26)33(2,3)4)30(32(38)35-34(5,6)7)23-27-14-9-8-10-15-27/h8-18,20-21,30H,19,22-24H2,1-7H3,(H,35,38). The zero-order valence-electron chi connectivity index (χ0n) is 24.2. The number of hydrogen-bond acceptors (Lipinski definition) is 2. The molecule has 0 heterocycles. The molecular formula is C34H44N2O2. The highest BCUT2D eigenvalue weighted by atomic mass is 16.2. The highest BCUT2D eigenvalue weighted by molar-refractivity contribution is 5.88. The van der Waals surface area contributed by atoms with Gasteiger partial charge >= 0.3 is 0 Å². The van der Waals surface area contributed by atoms with Crippen molar-refractivity contribution in [1.29, 1.82) is 0 Å². The van der Waals surface area contributed by atoms with Crippen LogP contribution in [0.3, 0.4) is 0 Å². The van der Waals surface area contributed by atoms with E-state index in [0.717, 1.165) is 22.3 Å². The predicted octanol–water partition coefficient (Wildman–Crippen LogP) is 6.78. The Balaban J connectivity index is 1.91. The van der Waals surface area contributed by atoms with E-state index in [2.05, 4.69) is 63.3 Å². The molecule has 4 nitrogen and oxygen atoms in total. The lowest BCUT2D eigenvalue weighted by Crippen LogP contribution is -2.54. The summed E-state index contributed by atoms with van der Waals surface area (Å²) >= 11 is 0. The van der Waals surface area contributed by atoms with Crippen molar-refractivity contribution >= 4 is 11.8 Å². The van der Waals surface area contributed by atoms with Crippen LogP contribution in [0.5, 0.6) is 0 Å². The van der Waals surface area contributed by atoms with E-state index in [4.69, 9.17) is 0 Å². The van der Waals surface area contributed by atoms with Crippen LogP contribution in [0.15, 0.2) is 78.9 Å². The van der Waals surface area contributed by atoms with E-state index < -0.39 is 11.6 Å². The lowest BCUT2D eigenvalue weighted by atomic mass is 9.86. The van der Waals surface area contributed by atoms with Crippen LogP contribution >= 0.6 is 0 Å². The van der Waals surface area contributed by atoms with Crippen molar-refractivity contribution in [2.24, 2.45) is 0 Å². The normalized spacial score (nSPS) is 12.6. The van der Waals surface area contributed by atoms with E-state index in [9.17, 15) is 9.59 Å². The zero-order valence-corrected chi connectivity index (χ0v) is 24.2. The average Bonchev–Trinajstić information content (AvgIpc) is 2.85. The summed E-state index contributed by atoms with van der Waals surface area (Å²) in [5, 5.41) is 3.14. The van der Waals surface area contributed by atoms with Crippen LogP contribution in [0.1, 0.15) is 75.8 Å². The summed E-state index contributed by atoms with van der Waals surface area (Å²) in [6.45, 7) is 15.0. The number of nitrogens with zero attached hydrogens (tertiary/aromatic N) is 1. The summed E-state index contributed by atoms with van der Waals surface area (Å²) in [6, 6.07) is 26.0. The highest BCUT2D eigenvalue weighted by Gasteiger charge is 2.32. The van der Waals surface area contributed by atoms with Crippen LogP contribution in [0.2, 0.25) is 0 Å². The average molecular weight is 513 g/mol. The molecule has 3 aromatic carbocycles. The Bertz CT molecular complexity index is 1200. The van der Waals surface area contributed by atoms with Gasteiger partial charge in [-0.15, -0.1) is 0 Å². The fourth-order valence-corrected chi connectivity index (χ4v) is 4.54. The molecule has 0 saturated carbocycles. The topological polar surface area (TPSA) is 49.4 Å². The minimum Gasteiger partial charge on any atom is -0.350 e. The second-order valence-corrected chi connectivity index (χ2v) is 12.3. The Morgan fingerprint density at radius 1 is 0.789 bits per heavy atom. The first-order chi connectivity index (χ1) is 17.8. The maximum atomic E-state index is 13.9. The molecule has 0 saturated heterocycles. The molecule has 1 N–H and O–H groups in total. The highest BCUT2D eigenvalue weighted by Crippen LogP contribution is 2.23. The largest absolute Gasteiger partial charge is 0.350 e. The van der Waals surface area contributed by atoms with Gasteiger partial charge in [0, 0.05) is 24.9 Å². The van der Waals surface area contributed by atoms with Gasteiger partial charge < -0.3 is 10.2 Å². The Labute approximate surface area is 229 Å². The number of carbonyl (C=O) groups is 2. The monoisotopic (exact) mass is 512 g/mol. The number of carbonyl (C=O) groups excluding carboxylic acids is 2. The summed E-state index contributed by atoms with van der Waals surface area (Å²) in [5.74, 6) is -0.143. The summed E-state index contributed by atoms with van der Waals surface area (Å²) in [7, 11) is 0. The molecule has 4 heteroatoms. The van der Waals surface area contributed by atoms with E-state index >= 15 is 0 Å². The zero-order chi connectivity index (χ0) is 27.9. The molecule has 3 rings (SSSR count). The van der Waals surface area contributed by atoms with Gasteiger partial charge in [0.1, 0.15) is 6.04 Å². The van der Waals surface area contributed by atoms with Gasteiger partial charge in [0.2, 0.25) is 11.8 Å². The van der Waals surface area contributed by atoms with Gasteiger partial charge in [-0.25, -0.2) is 0 Å². The van der Waals surface area contributed by atoms with E-state index in [1.165, 1.54) is 5.56 Å². The maximum Gasteiger partial charge on any atom is 0.243 e. The van der Waals surface area contributed by atoms with Gasteiger partial charge in [-0.2, -0.15) is 0 Å². The third-order valence-corrected chi connectivity index (χ3v) is 6.82. The summed E-state index contributed by atoms with van der Waals surface area (Å²) < 4.78 is 0. The summed E-state index contributed by atoms with van der Waals surface area (Å²) in [6.07, 6.45) is 1.43. The Morgan fingerprint density at radius 3 is 1.97 bits per heavy atom. The van der Waals surface area contributed by atoms with E-state index in [-0.39, 0.29) is 17.2 Å². The number of hydrogen-bond donors (Lipinski definition) is 1. The Kier molecular flexibility index (Phi) is 9.54. The van der Waals surface area contributed by atoms with Crippen LogP contribution in [0.4, 0.5) is 0 Å². The molecule has 202 valence electrons. The Hall–Kier alpha value is -3.40. The third-order valence-electron chi connectivity index (χ3n) is 6.82. The van der Waals surface area contributed by atoms with Crippen molar-refractivity contribution < 1.29 is 9.59 Å². The molecule has 0 spiro atoms. The SMILES string of the molecule is Cc1ccccc1CN(C(=O)CCc1ccc(C(C)(C)C)cc1)C(Cc1ccccc1)C(=O)NC(C)(C)C. The lowest BCUT2D eigenvalue weighted by molar-refractivity contribution is -0.141. The van der Waals surface area contributed by atoms with Gasteiger partial charge in [-0.3, -0.25) is 9.59 Å². The van der Waals surface area contributed by atoms with E-state index in [0.29, 0.717) is 25.8 Å². The molecular weight excluding hydrogens is 468 g/mol. The van der Waals surface area contributed by atoms with E-state index in [1.807, 2.05) is 69.3 Å². The molecule has 1 atom stereocenters. The fraction of sp³-hybridized carbons (Fsp3) is 0.412. The van der Waals surface area contributed by atoms with Crippen molar-refractivity contribution in [3.63, 3.8) is 0 Å². The first-order valence-corrected chi connectivity index (χ1v) is 13.6. The quantitative estimate of drug-likeness (QED) is 0.344. The molecule has 0 aliphatic rings. The second-order valence-electron chi connectivity index (χ2n) is 12.3. The Morgan fingerprint density at radius 2 is 1.39 bits per heavy atom. The minimum atomic E-state index is -0.619. The minimum absolute atomic E-state index is 0.0156. The molecule has 38 heavy (non-hydrogen) atoms. The number of nitrogens with one attached hydrogen (secondary N) is 1. The van der Waals surface area contributed by atoms with Gasteiger partial charge in [-0.1, -0.05) is 99.6 Å².